The minimum absolute atomic E-state index is 0.0284. The van der Waals surface area contributed by atoms with Crippen LogP contribution < -0.4 is 14.2 Å². The van der Waals surface area contributed by atoms with E-state index < -0.39 is 10.8 Å². The molecule has 0 radical (unpaired) electrons. The molecule has 3 aromatic carbocycles. The highest BCUT2D eigenvalue weighted by Gasteiger charge is 2.35. The van der Waals surface area contributed by atoms with E-state index in [4.69, 9.17) is 25.8 Å². The zero-order valence-electron chi connectivity index (χ0n) is 20.5. The van der Waals surface area contributed by atoms with Crippen molar-refractivity contribution in [3.8, 4) is 17.2 Å². The zero-order chi connectivity index (χ0) is 27.2. The molecule has 0 N–H and O–H groups in total. The SMILES string of the molecule is COc1cc(/C=C2\SC(=O)N(CCOc3ccc(C)cc3)C2=O)cc(Cl)c1OCc1cccc([N+](=O)[O-])c1. The summed E-state index contributed by atoms with van der Waals surface area (Å²) in [5.74, 6) is 0.792. The van der Waals surface area contributed by atoms with Crippen LogP contribution in [0.4, 0.5) is 10.5 Å². The van der Waals surface area contributed by atoms with Crippen LogP contribution in [0, 0.1) is 17.0 Å². The zero-order valence-corrected chi connectivity index (χ0v) is 22.1. The van der Waals surface area contributed by atoms with Crippen LogP contribution in [0.5, 0.6) is 17.2 Å². The average molecular weight is 555 g/mol. The Kier molecular flexibility index (Phi) is 8.55. The maximum atomic E-state index is 12.9. The summed E-state index contributed by atoms with van der Waals surface area (Å²) in [6, 6.07) is 16.8. The lowest BCUT2D eigenvalue weighted by Gasteiger charge is -2.14. The van der Waals surface area contributed by atoms with Gasteiger partial charge in [0.25, 0.3) is 16.8 Å². The molecule has 0 saturated carbocycles. The van der Waals surface area contributed by atoms with Crippen molar-refractivity contribution >= 4 is 46.3 Å². The van der Waals surface area contributed by atoms with E-state index in [-0.39, 0.29) is 46.4 Å². The Morgan fingerprint density at radius 3 is 2.55 bits per heavy atom. The number of rotatable bonds is 10. The van der Waals surface area contributed by atoms with Crippen molar-refractivity contribution in [2.24, 2.45) is 0 Å². The average Bonchev–Trinajstić information content (AvgIpc) is 3.16. The van der Waals surface area contributed by atoms with Gasteiger partial charge >= 0.3 is 0 Å². The molecule has 11 heteroatoms. The van der Waals surface area contributed by atoms with Gasteiger partial charge in [-0.1, -0.05) is 41.4 Å². The Labute approximate surface area is 228 Å². The summed E-state index contributed by atoms with van der Waals surface area (Å²) in [4.78, 5) is 37.2. The molecule has 0 spiro atoms. The molecular formula is C27H23ClN2O7S. The molecule has 0 aromatic heterocycles. The summed E-state index contributed by atoms with van der Waals surface area (Å²) in [6.07, 6.45) is 1.56. The number of hydrogen-bond donors (Lipinski definition) is 0. The van der Waals surface area contributed by atoms with Crippen LogP contribution in [-0.2, 0) is 11.4 Å². The van der Waals surface area contributed by atoms with Crippen molar-refractivity contribution in [2.45, 2.75) is 13.5 Å². The third-order valence-electron chi connectivity index (χ3n) is 5.53. The predicted octanol–water partition coefficient (Wildman–Crippen LogP) is 6.26. The second kappa shape index (κ2) is 12.0. The topological polar surface area (TPSA) is 108 Å². The van der Waals surface area contributed by atoms with Gasteiger partial charge in [0.1, 0.15) is 19.0 Å². The molecule has 1 saturated heterocycles. The van der Waals surface area contributed by atoms with E-state index in [2.05, 4.69) is 0 Å². The number of nitrogens with zero attached hydrogens (tertiary/aromatic N) is 2. The molecule has 1 aliphatic heterocycles. The van der Waals surface area contributed by atoms with Crippen LogP contribution in [0.1, 0.15) is 16.7 Å². The largest absolute Gasteiger partial charge is 0.493 e. The summed E-state index contributed by atoms with van der Waals surface area (Å²) in [5, 5.41) is 10.8. The summed E-state index contributed by atoms with van der Waals surface area (Å²) < 4.78 is 16.9. The van der Waals surface area contributed by atoms with Gasteiger partial charge in [-0.2, -0.15) is 0 Å². The number of non-ortho nitro benzene ring substituents is 1. The Morgan fingerprint density at radius 2 is 1.84 bits per heavy atom. The molecule has 1 heterocycles. The molecule has 0 atom stereocenters. The maximum absolute atomic E-state index is 12.9. The highest BCUT2D eigenvalue weighted by molar-refractivity contribution is 8.18. The lowest BCUT2D eigenvalue weighted by atomic mass is 10.1. The predicted molar refractivity (Wildman–Crippen MR) is 145 cm³/mol. The number of methoxy groups -OCH3 is 1. The highest BCUT2D eigenvalue weighted by atomic mass is 35.5. The van der Waals surface area contributed by atoms with E-state index in [9.17, 15) is 19.7 Å². The van der Waals surface area contributed by atoms with Crippen LogP contribution >= 0.6 is 23.4 Å². The first kappa shape index (κ1) is 27.0. The number of ether oxygens (including phenoxy) is 3. The van der Waals surface area contributed by atoms with Gasteiger partial charge < -0.3 is 14.2 Å². The van der Waals surface area contributed by atoms with Crippen LogP contribution in [0.15, 0.2) is 65.6 Å². The molecule has 0 bridgehead atoms. The van der Waals surface area contributed by atoms with Gasteiger partial charge in [-0.3, -0.25) is 24.6 Å². The lowest BCUT2D eigenvalue weighted by Crippen LogP contribution is -2.32. The molecule has 0 aliphatic carbocycles. The Hall–Kier alpha value is -4.02. The number of aryl methyl sites for hydroxylation is 1. The van der Waals surface area contributed by atoms with Crippen molar-refractivity contribution in [1.82, 2.24) is 4.90 Å². The summed E-state index contributed by atoms with van der Waals surface area (Å²) in [7, 11) is 1.44. The molecule has 4 rings (SSSR count). The molecule has 1 aliphatic rings. The van der Waals surface area contributed by atoms with Gasteiger partial charge in [0.15, 0.2) is 11.5 Å². The number of nitro groups is 1. The number of imide groups is 1. The first-order valence-corrected chi connectivity index (χ1v) is 12.6. The van der Waals surface area contributed by atoms with Crippen LogP contribution in [0.3, 0.4) is 0 Å². The minimum Gasteiger partial charge on any atom is -0.493 e. The smallest absolute Gasteiger partial charge is 0.293 e. The van der Waals surface area contributed by atoms with Gasteiger partial charge in [0.05, 0.1) is 28.5 Å². The first-order chi connectivity index (χ1) is 18.2. The van der Waals surface area contributed by atoms with Crippen molar-refractivity contribution in [1.29, 1.82) is 0 Å². The van der Waals surface area contributed by atoms with Crippen molar-refractivity contribution < 1.29 is 28.7 Å². The van der Waals surface area contributed by atoms with Crippen molar-refractivity contribution in [3.05, 3.63) is 97.4 Å². The number of carbonyl (C=O) groups is 2. The number of halogens is 1. The van der Waals surface area contributed by atoms with Crippen LogP contribution in [0.2, 0.25) is 5.02 Å². The number of benzene rings is 3. The molecule has 38 heavy (non-hydrogen) atoms. The summed E-state index contributed by atoms with van der Waals surface area (Å²) in [6.45, 7) is 2.29. The van der Waals surface area contributed by atoms with E-state index >= 15 is 0 Å². The molecule has 2 amide bonds. The normalized spacial score (nSPS) is 14.2. The summed E-state index contributed by atoms with van der Waals surface area (Å²) >= 11 is 7.28. The van der Waals surface area contributed by atoms with Crippen LogP contribution in [0.25, 0.3) is 6.08 Å². The standard InChI is InChI=1S/C27H23ClN2O7S/c1-17-6-8-21(9-7-17)36-11-10-29-26(31)24(38-27(29)32)15-19-13-22(28)25(23(14-19)35-2)37-16-18-4-3-5-20(12-18)30(33)34/h3-9,12-15H,10-11,16H2,1-2H3/b24-15-. The van der Waals surface area contributed by atoms with E-state index in [0.29, 0.717) is 22.6 Å². The van der Waals surface area contributed by atoms with Crippen LogP contribution in [-0.4, -0.2) is 41.2 Å². The van der Waals surface area contributed by atoms with E-state index in [0.717, 1.165) is 22.2 Å². The lowest BCUT2D eigenvalue weighted by molar-refractivity contribution is -0.384. The molecule has 3 aromatic rings. The van der Waals surface area contributed by atoms with Gasteiger partial charge in [-0.25, -0.2) is 0 Å². The third kappa shape index (κ3) is 6.45. The number of amides is 2. The fourth-order valence-corrected chi connectivity index (χ4v) is 4.75. The molecule has 1 fully saturated rings. The fourth-order valence-electron chi connectivity index (χ4n) is 3.61. The van der Waals surface area contributed by atoms with Gasteiger partial charge in [-0.15, -0.1) is 0 Å². The van der Waals surface area contributed by atoms with Gasteiger partial charge in [0, 0.05) is 12.1 Å². The number of thioether (sulfide) groups is 1. The van der Waals surface area contributed by atoms with Gasteiger partial charge in [0.2, 0.25) is 0 Å². The summed E-state index contributed by atoms with van der Waals surface area (Å²) in [5.41, 5.74) is 2.18. The molecular weight excluding hydrogens is 532 g/mol. The highest BCUT2D eigenvalue weighted by Crippen LogP contribution is 2.39. The van der Waals surface area contributed by atoms with E-state index in [1.54, 1.807) is 30.3 Å². The fraction of sp³-hybridized carbons (Fsp3) is 0.185. The second-order valence-corrected chi connectivity index (χ2v) is 9.65. The Morgan fingerprint density at radius 1 is 1.08 bits per heavy atom. The monoisotopic (exact) mass is 554 g/mol. The Bertz CT molecular complexity index is 1410. The maximum Gasteiger partial charge on any atom is 0.293 e. The first-order valence-electron chi connectivity index (χ1n) is 11.4. The number of carbonyl (C=O) groups excluding carboxylic acids is 2. The molecule has 9 nitrogen and oxygen atoms in total. The second-order valence-electron chi connectivity index (χ2n) is 8.24. The van der Waals surface area contributed by atoms with Gasteiger partial charge in [-0.05, 0) is 60.2 Å². The Balaban J connectivity index is 1.44. The molecule has 0 unspecified atom stereocenters. The number of nitro benzene ring substituents is 1. The van der Waals surface area contributed by atoms with Crippen molar-refractivity contribution in [2.75, 3.05) is 20.3 Å². The minimum atomic E-state index is -0.482. The quantitative estimate of drug-likeness (QED) is 0.164. The van der Waals surface area contributed by atoms with E-state index in [1.165, 1.54) is 19.2 Å². The molecule has 196 valence electrons. The number of hydrogen-bond acceptors (Lipinski definition) is 8. The van der Waals surface area contributed by atoms with E-state index in [1.807, 2.05) is 31.2 Å². The van der Waals surface area contributed by atoms with Crippen molar-refractivity contribution in [3.63, 3.8) is 0 Å². The third-order valence-corrected chi connectivity index (χ3v) is 6.72.